The van der Waals surface area contributed by atoms with Crippen molar-refractivity contribution in [3.8, 4) is 11.4 Å². The van der Waals surface area contributed by atoms with Gasteiger partial charge in [0.1, 0.15) is 5.82 Å². The first kappa shape index (κ1) is 20.7. The summed E-state index contributed by atoms with van der Waals surface area (Å²) in [7, 11) is 0. The number of fused-ring (bicyclic) bond motifs is 1. The van der Waals surface area contributed by atoms with Crippen molar-refractivity contribution in [2.75, 3.05) is 11.9 Å². The van der Waals surface area contributed by atoms with Gasteiger partial charge in [0.25, 0.3) is 5.91 Å². The number of carbonyl (C=O) groups is 2. The molecule has 4 rings (SSSR count). The fourth-order valence-electron chi connectivity index (χ4n) is 3.16. The largest absolute Gasteiger partial charge is 0.351 e. The molecule has 0 aliphatic rings. The van der Waals surface area contributed by atoms with Crippen molar-refractivity contribution in [2.45, 2.75) is 13.0 Å². The van der Waals surface area contributed by atoms with Crippen LogP contribution in [0.25, 0.3) is 22.4 Å². The summed E-state index contributed by atoms with van der Waals surface area (Å²) in [5, 5.41) is 7.23. The van der Waals surface area contributed by atoms with Crippen molar-refractivity contribution in [3.05, 3.63) is 70.9 Å². The van der Waals surface area contributed by atoms with Gasteiger partial charge in [0.15, 0.2) is 0 Å². The molecule has 2 amide bonds. The monoisotopic (exact) mass is 440 g/mol. The second-order valence-electron chi connectivity index (χ2n) is 6.68. The third-order valence-corrected chi connectivity index (χ3v) is 5.47. The molecule has 31 heavy (non-hydrogen) atoms. The summed E-state index contributed by atoms with van der Waals surface area (Å²) >= 11 is 1.33. The summed E-state index contributed by atoms with van der Waals surface area (Å²) in [6, 6.07) is 16.7. The normalized spacial score (nSPS) is 11.1. The summed E-state index contributed by atoms with van der Waals surface area (Å²) in [5.74, 6) is -0.321. The zero-order valence-electron chi connectivity index (χ0n) is 16.2. The molecule has 0 saturated carbocycles. The van der Waals surface area contributed by atoms with E-state index in [1.165, 1.54) is 11.3 Å². The highest BCUT2D eigenvalue weighted by atomic mass is 32.1. The van der Waals surface area contributed by atoms with Crippen molar-refractivity contribution in [1.82, 2.24) is 14.9 Å². The van der Waals surface area contributed by atoms with Crippen LogP contribution in [0.5, 0.6) is 0 Å². The molecule has 0 spiro atoms. The molecule has 6 nitrogen and oxygen atoms in total. The average Bonchev–Trinajstić information content (AvgIpc) is 3.42. The molecule has 0 bridgehead atoms. The SMILES string of the molecule is O=C(CCNC(=O)c1cccs1)Nc1ccc(-c2nc3ccccc3n2C(F)F)cc1. The van der Waals surface area contributed by atoms with Gasteiger partial charge in [-0.2, -0.15) is 8.78 Å². The van der Waals surface area contributed by atoms with Crippen LogP contribution < -0.4 is 10.6 Å². The maximum Gasteiger partial charge on any atom is 0.320 e. The lowest BCUT2D eigenvalue weighted by molar-refractivity contribution is -0.116. The topological polar surface area (TPSA) is 76.0 Å². The number of alkyl halides is 2. The van der Waals surface area contributed by atoms with Gasteiger partial charge in [0, 0.05) is 24.2 Å². The smallest absolute Gasteiger partial charge is 0.320 e. The number of halogens is 2. The van der Waals surface area contributed by atoms with E-state index in [4.69, 9.17) is 0 Å². The lowest BCUT2D eigenvalue weighted by atomic mass is 10.2. The molecule has 158 valence electrons. The number of aromatic nitrogens is 2. The Morgan fingerprint density at radius 1 is 1.03 bits per heavy atom. The highest BCUT2D eigenvalue weighted by molar-refractivity contribution is 7.12. The molecular weight excluding hydrogens is 422 g/mol. The number of amides is 2. The number of hydrogen-bond donors (Lipinski definition) is 2. The van der Waals surface area contributed by atoms with Gasteiger partial charge in [-0.05, 0) is 47.8 Å². The maximum absolute atomic E-state index is 13.6. The molecule has 4 aromatic rings. The number of thiophene rings is 1. The Morgan fingerprint density at radius 3 is 2.52 bits per heavy atom. The number of imidazole rings is 1. The second kappa shape index (κ2) is 9.05. The van der Waals surface area contributed by atoms with E-state index in [1.807, 2.05) is 5.38 Å². The fraction of sp³-hybridized carbons (Fsp3) is 0.136. The molecular formula is C22H18F2N4O2S. The Hall–Kier alpha value is -3.59. The zero-order valence-corrected chi connectivity index (χ0v) is 17.0. The summed E-state index contributed by atoms with van der Waals surface area (Å²) in [6.45, 7) is -2.52. The van der Waals surface area contributed by atoms with E-state index in [0.29, 0.717) is 27.2 Å². The van der Waals surface area contributed by atoms with Gasteiger partial charge in [-0.15, -0.1) is 11.3 Å². The summed E-state index contributed by atoms with van der Waals surface area (Å²) in [4.78, 5) is 28.9. The van der Waals surface area contributed by atoms with Crippen LogP contribution in [0, 0.1) is 0 Å². The van der Waals surface area contributed by atoms with Crippen LogP contribution in [0.15, 0.2) is 66.0 Å². The molecule has 0 unspecified atom stereocenters. The lowest BCUT2D eigenvalue weighted by Gasteiger charge is -2.09. The highest BCUT2D eigenvalue weighted by Crippen LogP contribution is 2.30. The third kappa shape index (κ3) is 4.61. The van der Waals surface area contributed by atoms with E-state index in [9.17, 15) is 18.4 Å². The standard InChI is InChI=1S/C22H18F2N4O2S/c23-22(24)28-17-5-2-1-4-16(17)27-20(28)14-7-9-15(10-8-14)26-19(29)11-12-25-21(30)18-6-3-13-31-18/h1-10,13,22H,11-12H2,(H,25,30)(H,26,29). The molecule has 0 radical (unpaired) electrons. The third-order valence-electron chi connectivity index (χ3n) is 4.60. The molecule has 0 atom stereocenters. The maximum atomic E-state index is 13.6. The van der Waals surface area contributed by atoms with Gasteiger partial charge in [0.2, 0.25) is 5.91 Å². The summed E-state index contributed by atoms with van der Waals surface area (Å²) < 4.78 is 28.1. The van der Waals surface area contributed by atoms with Crippen LogP contribution >= 0.6 is 11.3 Å². The van der Waals surface area contributed by atoms with Crippen LogP contribution in [-0.4, -0.2) is 27.9 Å². The average molecular weight is 440 g/mol. The van der Waals surface area contributed by atoms with Crippen molar-refractivity contribution in [3.63, 3.8) is 0 Å². The number of rotatable bonds is 7. The van der Waals surface area contributed by atoms with Crippen molar-refractivity contribution < 1.29 is 18.4 Å². The first-order chi connectivity index (χ1) is 15.0. The van der Waals surface area contributed by atoms with E-state index < -0.39 is 6.55 Å². The van der Waals surface area contributed by atoms with Crippen molar-refractivity contribution >= 4 is 39.9 Å². The van der Waals surface area contributed by atoms with E-state index >= 15 is 0 Å². The van der Waals surface area contributed by atoms with Crippen molar-refractivity contribution in [2.24, 2.45) is 0 Å². The van der Waals surface area contributed by atoms with Crippen LogP contribution in [-0.2, 0) is 4.79 Å². The Morgan fingerprint density at radius 2 is 1.81 bits per heavy atom. The summed E-state index contributed by atoms with van der Waals surface area (Å²) in [6.07, 6.45) is 0.111. The molecule has 0 fully saturated rings. The van der Waals surface area contributed by atoms with Gasteiger partial charge in [-0.1, -0.05) is 18.2 Å². The van der Waals surface area contributed by atoms with Gasteiger partial charge in [-0.25, -0.2) is 4.98 Å². The molecule has 0 aliphatic heterocycles. The Labute approximate surface area is 180 Å². The van der Waals surface area contributed by atoms with Crippen LogP contribution in [0.3, 0.4) is 0 Å². The first-order valence-corrected chi connectivity index (χ1v) is 10.4. The first-order valence-electron chi connectivity index (χ1n) is 9.50. The Balaban J connectivity index is 1.39. The van der Waals surface area contributed by atoms with Crippen LogP contribution in [0.4, 0.5) is 14.5 Å². The number of nitrogens with zero attached hydrogens (tertiary/aromatic N) is 2. The van der Waals surface area contributed by atoms with Crippen molar-refractivity contribution in [1.29, 1.82) is 0 Å². The van der Waals surface area contributed by atoms with Gasteiger partial charge in [-0.3, -0.25) is 14.2 Å². The molecule has 2 aromatic carbocycles. The number of para-hydroxylation sites is 2. The number of hydrogen-bond acceptors (Lipinski definition) is 4. The molecule has 0 saturated heterocycles. The predicted molar refractivity (Wildman–Crippen MR) is 116 cm³/mol. The quantitative estimate of drug-likeness (QED) is 0.428. The molecule has 2 N–H and O–H groups in total. The summed E-state index contributed by atoms with van der Waals surface area (Å²) in [5.41, 5.74) is 1.88. The Bertz CT molecular complexity index is 1200. The minimum atomic E-state index is -2.73. The number of benzene rings is 2. The highest BCUT2D eigenvalue weighted by Gasteiger charge is 2.18. The van der Waals surface area contributed by atoms with E-state index in [2.05, 4.69) is 15.6 Å². The van der Waals surface area contributed by atoms with E-state index in [0.717, 1.165) is 4.57 Å². The molecule has 0 aliphatic carbocycles. The molecule has 9 heteroatoms. The lowest BCUT2D eigenvalue weighted by Crippen LogP contribution is -2.27. The van der Waals surface area contributed by atoms with Gasteiger partial charge < -0.3 is 10.6 Å². The predicted octanol–water partition coefficient (Wildman–Crippen LogP) is 4.92. The fourth-order valence-corrected chi connectivity index (χ4v) is 3.80. The van der Waals surface area contributed by atoms with E-state index in [1.54, 1.807) is 60.7 Å². The second-order valence-corrected chi connectivity index (χ2v) is 7.63. The van der Waals surface area contributed by atoms with Crippen LogP contribution in [0.2, 0.25) is 0 Å². The molecule has 2 heterocycles. The Kier molecular flexibility index (Phi) is 6.03. The number of anilines is 1. The minimum Gasteiger partial charge on any atom is -0.351 e. The van der Waals surface area contributed by atoms with Gasteiger partial charge >= 0.3 is 6.55 Å². The van der Waals surface area contributed by atoms with Gasteiger partial charge in [0.05, 0.1) is 15.9 Å². The minimum absolute atomic E-state index is 0.111. The van der Waals surface area contributed by atoms with Crippen LogP contribution in [0.1, 0.15) is 22.6 Å². The zero-order chi connectivity index (χ0) is 21.8. The van der Waals surface area contributed by atoms with E-state index in [-0.39, 0.29) is 30.6 Å². The number of nitrogens with one attached hydrogen (secondary N) is 2. The molecule has 2 aromatic heterocycles. The number of carbonyl (C=O) groups excluding carboxylic acids is 2.